The third kappa shape index (κ3) is 3.70. The van der Waals surface area contributed by atoms with Crippen molar-refractivity contribution in [1.29, 1.82) is 5.26 Å². The summed E-state index contributed by atoms with van der Waals surface area (Å²) in [5, 5.41) is 11.7. The number of piperidine rings is 1. The van der Waals surface area contributed by atoms with Gasteiger partial charge in [0.05, 0.1) is 11.6 Å². The number of hydrogen-bond acceptors (Lipinski definition) is 3. The second-order valence-corrected chi connectivity index (χ2v) is 5.18. The first-order chi connectivity index (χ1) is 9.58. The molecule has 1 aromatic rings. The summed E-state index contributed by atoms with van der Waals surface area (Å²) in [5.74, 6) is 0.0924. The molecule has 1 aliphatic rings. The summed E-state index contributed by atoms with van der Waals surface area (Å²) in [6.45, 7) is 3.86. The molecule has 1 aromatic carbocycles. The molecule has 0 atom stereocenters. The normalized spacial score (nSPS) is 15.8. The Morgan fingerprint density at radius 1 is 1.45 bits per heavy atom. The van der Waals surface area contributed by atoms with Gasteiger partial charge in [-0.25, -0.2) is 4.39 Å². The number of halogens is 1. The van der Waals surface area contributed by atoms with Crippen molar-refractivity contribution < 1.29 is 9.18 Å². The van der Waals surface area contributed by atoms with Gasteiger partial charge in [-0.1, -0.05) is 0 Å². The molecule has 0 radical (unpaired) electrons. The van der Waals surface area contributed by atoms with Crippen molar-refractivity contribution in [1.82, 2.24) is 5.32 Å². The molecule has 1 amide bonds. The Morgan fingerprint density at radius 2 is 2.15 bits per heavy atom. The number of carbonyl (C=O) groups excluding carboxylic acids is 1. The Hall–Kier alpha value is -2.09. The number of anilines is 1. The Bertz CT molecular complexity index is 530. The molecule has 0 aliphatic carbocycles. The van der Waals surface area contributed by atoms with E-state index in [4.69, 9.17) is 5.26 Å². The molecular formula is C15H18FN3O. The third-order valence-electron chi connectivity index (χ3n) is 3.63. The average Bonchev–Trinajstić information content (AvgIpc) is 2.45. The highest BCUT2D eigenvalue weighted by Gasteiger charge is 2.20. The molecule has 0 bridgehead atoms. The van der Waals surface area contributed by atoms with Crippen molar-refractivity contribution in [2.24, 2.45) is 5.92 Å². The molecule has 0 unspecified atom stereocenters. The summed E-state index contributed by atoms with van der Waals surface area (Å²) in [6, 6.07) is 6.40. The van der Waals surface area contributed by atoms with Crippen LogP contribution < -0.4 is 10.2 Å². The fourth-order valence-electron chi connectivity index (χ4n) is 2.50. The molecule has 4 nitrogen and oxygen atoms in total. The molecule has 106 valence electrons. The van der Waals surface area contributed by atoms with Crippen LogP contribution in [0.25, 0.3) is 0 Å². The van der Waals surface area contributed by atoms with E-state index >= 15 is 0 Å². The summed E-state index contributed by atoms with van der Waals surface area (Å²) in [7, 11) is 0. The molecule has 1 N–H and O–H groups in total. The van der Waals surface area contributed by atoms with Gasteiger partial charge in [-0.15, -0.1) is 0 Å². The second kappa shape index (κ2) is 6.38. The summed E-state index contributed by atoms with van der Waals surface area (Å²) >= 11 is 0. The number of rotatable bonds is 3. The molecule has 1 aliphatic heterocycles. The highest BCUT2D eigenvalue weighted by Crippen LogP contribution is 2.24. The Morgan fingerprint density at radius 3 is 2.75 bits per heavy atom. The van der Waals surface area contributed by atoms with Crippen LogP contribution in [0.15, 0.2) is 18.2 Å². The fourth-order valence-corrected chi connectivity index (χ4v) is 2.50. The lowest BCUT2D eigenvalue weighted by Crippen LogP contribution is -2.38. The molecule has 1 saturated heterocycles. The fraction of sp³-hybridized carbons (Fsp3) is 0.467. The minimum Gasteiger partial charge on any atom is -0.371 e. The van der Waals surface area contributed by atoms with Crippen molar-refractivity contribution in [3.8, 4) is 6.07 Å². The van der Waals surface area contributed by atoms with Crippen LogP contribution in [0.5, 0.6) is 0 Å². The van der Waals surface area contributed by atoms with Crippen LogP contribution in [0.1, 0.15) is 25.3 Å². The maximum atomic E-state index is 13.4. The number of carbonyl (C=O) groups is 1. The van der Waals surface area contributed by atoms with Crippen LogP contribution in [-0.2, 0) is 4.79 Å². The lowest BCUT2D eigenvalue weighted by Gasteiger charge is -2.33. The van der Waals surface area contributed by atoms with E-state index in [9.17, 15) is 9.18 Å². The van der Waals surface area contributed by atoms with Crippen molar-refractivity contribution in [3.05, 3.63) is 29.6 Å². The summed E-state index contributed by atoms with van der Waals surface area (Å²) in [5.41, 5.74) is 1.11. The van der Waals surface area contributed by atoms with Crippen LogP contribution in [0.4, 0.5) is 10.1 Å². The number of nitrogens with zero attached hydrogens (tertiary/aromatic N) is 2. The molecule has 0 aromatic heterocycles. The zero-order valence-corrected chi connectivity index (χ0v) is 11.5. The predicted octanol–water partition coefficient (Wildman–Crippen LogP) is 2.05. The van der Waals surface area contributed by atoms with Crippen molar-refractivity contribution >= 4 is 11.6 Å². The molecule has 2 rings (SSSR count). The van der Waals surface area contributed by atoms with Gasteiger partial charge in [0, 0.05) is 32.2 Å². The van der Waals surface area contributed by atoms with Gasteiger partial charge in [0.1, 0.15) is 5.82 Å². The van der Waals surface area contributed by atoms with E-state index in [0.717, 1.165) is 31.6 Å². The lowest BCUT2D eigenvalue weighted by molar-refractivity contribution is -0.119. The van der Waals surface area contributed by atoms with Crippen LogP contribution in [0.3, 0.4) is 0 Å². The summed E-state index contributed by atoms with van der Waals surface area (Å²) in [6.07, 6.45) is 1.91. The minimum atomic E-state index is -0.376. The van der Waals surface area contributed by atoms with Gasteiger partial charge in [-0.2, -0.15) is 5.26 Å². The quantitative estimate of drug-likeness (QED) is 0.918. The largest absolute Gasteiger partial charge is 0.371 e. The Balaban J connectivity index is 1.95. The van der Waals surface area contributed by atoms with E-state index in [1.807, 2.05) is 6.07 Å². The maximum Gasteiger partial charge on any atom is 0.216 e. The van der Waals surface area contributed by atoms with Crippen LogP contribution in [-0.4, -0.2) is 25.5 Å². The highest BCUT2D eigenvalue weighted by molar-refractivity contribution is 5.72. The van der Waals surface area contributed by atoms with E-state index in [2.05, 4.69) is 10.2 Å². The van der Waals surface area contributed by atoms with Crippen molar-refractivity contribution in [2.45, 2.75) is 19.8 Å². The number of nitrogens with one attached hydrogen (secondary N) is 1. The first-order valence-electron chi connectivity index (χ1n) is 6.78. The zero-order chi connectivity index (χ0) is 14.5. The van der Waals surface area contributed by atoms with E-state index in [-0.39, 0.29) is 11.7 Å². The first-order valence-corrected chi connectivity index (χ1v) is 6.78. The number of amides is 1. The molecule has 5 heteroatoms. The van der Waals surface area contributed by atoms with E-state index in [1.54, 1.807) is 6.07 Å². The molecule has 0 spiro atoms. The molecule has 20 heavy (non-hydrogen) atoms. The van der Waals surface area contributed by atoms with Crippen LogP contribution >= 0.6 is 0 Å². The molecular weight excluding hydrogens is 257 g/mol. The smallest absolute Gasteiger partial charge is 0.216 e. The Kier molecular flexibility index (Phi) is 4.57. The predicted molar refractivity (Wildman–Crippen MR) is 74.7 cm³/mol. The summed E-state index contributed by atoms with van der Waals surface area (Å²) < 4.78 is 13.4. The van der Waals surface area contributed by atoms with Gasteiger partial charge < -0.3 is 10.2 Å². The first kappa shape index (κ1) is 14.3. The Labute approximate surface area is 118 Å². The standard InChI is InChI=1S/C15H18FN3O/c1-11(20)18-10-12-2-4-19(5-3-12)15-7-13(9-17)6-14(16)8-15/h6-8,12H,2-5,10H2,1H3,(H,18,20). The molecule has 0 saturated carbocycles. The highest BCUT2D eigenvalue weighted by atomic mass is 19.1. The van der Waals surface area contributed by atoms with Crippen LogP contribution in [0, 0.1) is 23.1 Å². The third-order valence-corrected chi connectivity index (χ3v) is 3.63. The summed E-state index contributed by atoms with van der Waals surface area (Å²) in [4.78, 5) is 13.0. The van der Waals surface area contributed by atoms with Crippen molar-refractivity contribution in [3.63, 3.8) is 0 Å². The lowest BCUT2D eigenvalue weighted by atomic mass is 9.96. The minimum absolute atomic E-state index is 0.00350. The number of benzene rings is 1. The monoisotopic (exact) mass is 275 g/mol. The van der Waals surface area contributed by atoms with Gasteiger partial charge in [0.15, 0.2) is 0 Å². The maximum absolute atomic E-state index is 13.4. The van der Waals surface area contributed by atoms with Gasteiger partial charge in [0.2, 0.25) is 5.91 Å². The molecule has 1 fully saturated rings. The van der Waals surface area contributed by atoms with E-state index in [1.165, 1.54) is 19.1 Å². The van der Waals surface area contributed by atoms with Gasteiger partial charge in [-0.3, -0.25) is 4.79 Å². The van der Waals surface area contributed by atoms with Crippen LogP contribution in [0.2, 0.25) is 0 Å². The van der Waals surface area contributed by atoms with Crippen molar-refractivity contribution in [2.75, 3.05) is 24.5 Å². The number of nitriles is 1. The van der Waals surface area contributed by atoms with E-state index < -0.39 is 0 Å². The zero-order valence-electron chi connectivity index (χ0n) is 11.5. The van der Waals surface area contributed by atoms with Gasteiger partial charge >= 0.3 is 0 Å². The molecule has 1 heterocycles. The SMILES string of the molecule is CC(=O)NCC1CCN(c2cc(F)cc(C#N)c2)CC1. The van der Waals surface area contributed by atoms with Gasteiger partial charge in [0.25, 0.3) is 0 Å². The number of hydrogen-bond donors (Lipinski definition) is 1. The van der Waals surface area contributed by atoms with E-state index in [0.29, 0.717) is 18.0 Å². The second-order valence-electron chi connectivity index (χ2n) is 5.18. The average molecular weight is 275 g/mol. The topological polar surface area (TPSA) is 56.1 Å². The van der Waals surface area contributed by atoms with Gasteiger partial charge in [-0.05, 0) is 37.0 Å².